The molecule has 0 amide bonds. The average Bonchev–Trinajstić information content (AvgIpc) is 2.82. The van der Waals surface area contributed by atoms with Gasteiger partial charge in [-0.2, -0.15) is 0 Å². The van der Waals surface area contributed by atoms with Gasteiger partial charge in [0.05, 0.1) is 6.54 Å². The normalized spacial score (nSPS) is 26.2. The van der Waals surface area contributed by atoms with Crippen LogP contribution in [0, 0.1) is 0 Å². The number of nitrogens with one attached hydrogen (secondary N) is 1. The Morgan fingerprint density at radius 2 is 2.19 bits per heavy atom. The van der Waals surface area contributed by atoms with Gasteiger partial charge < -0.3 is 5.32 Å². The molecule has 0 unspecified atom stereocenters. The molecule has 1 saturated carbocycles. The number of rotatable bonds is 4. The molecule has 4 heteroatoms. The SMILES string of the molecule is CNC1CCC(N(C)Cc2nccs2)CC1. The van der Waals surface area contributed by atoms with Gasteiger partial charge in [-0.25, -0.2) is 4.98 Å². The summed E-state index contributed by atoms with van der Waals surface area (Å²) in [6, 6.07) is 1.48. The fraction of sp³-hybridized carbons (Fsp3) is 0.750. The molecule has 0 aliphatic heterocycles. The quantitative estimate of drug-likeness (QED) is 0.872. The van der Waals surface area contributed by atoms with Crippen molar-refractivity contribution in [2.75, 3.05) is 14.1 Å². The number of hydrogen-bond acceptors (Lipinski definition) is 4. The first kappa shape index (κ1) is 12.0. The van der Waals surface area contributed by atoms with Gasteiger partial charge in [0.1, 0.15) is 5.01 Å². The molecule has 1 aliphatic carbocycles. The molecule has 1 heterocycles. The summed E-state index contributed by atoms with van der Waals surface area (Å²) in [4.78, 5) is 6.81. The first-order valence-corrected chi connectivity index (χ1v) is 6.93. The van der Waals surface area contributed by atoms with Crippen LogP contribution < -0.4 is 5.32 Å². The maximum atomic E-state index is 4.35. The largest absolute Gasteiger partial charge is 0.317 e. The summed E-state index contributed by atoms with van der Waals surface area (Å²) in [6.45, 7) is 1.01. The number of aromatic nitrogens is 1. The summed E-state index contributed by atoms with van der Waals surface area (Å²) in [5.74, 6) is 0. The highest BCUT2D eigenvalue weighted by molar-refractivity contribution is 7.09. The van der Waals surface area contributed by atoms with Crippen molar-refractivity contribution < 1.29 is 0 Å². The molecule has 16 heavy (non-hydrogen) atoms. The zero-order chi connectivity index (χ0) is 11.4. The maximum Gasteiger partial charge on any atom is 0.107 e. The first-order chi connectivity index (χ1) is 7.79. The molecule has 90 valence electrons. The standard InChI is InChI=1S/C12H21N3S/c1-13-10-3-5-11(6-4-10)15(2)9-12-14-7-8-16-12/h7-8,10-11,13H,3-6,9H2,1-2H3. The van der Waals surface area contributed by atoms with Gasteiger partial charge in [0.15, 0.2) is 0 Å². The lowest BCUT2D eigenvalue weighted by Crippen LogP contribution is -2.39. The molecule has 0 saturated heterocycles. The van der Waals surface area contributed by atoms with Crippen LogP contribution >= 0.6 is 11.3 Å². The van der Waals surface area contributed by atoms with Gasteiger partial charge in [-0.05, 0) is 39.8 Å². The van der Waals surface area contributed by atoms with Crippen molar-refractivity contribution in [3.8, 4) is 0 Å². The predicted octanol–water partition coefficient (Wildman–Crippen LogP) is 2.11. The topological polar surface area (TPSA) is 28.2 Å². The number of hydrogen-bond donors (Lipinski definition) is 1. The summed E-state index contributed by atoms with van der Waals surface area (Å²) in [5, 5.41) is 6.67. The Bertz CT molecular complexity index is 291. The summed E-state index contributed by atoms with van der Waals surface area (Å²) in [5.41, 5.74) is 0. The third-order valence-electron chi connectivity index (χ3n) is 3.60. The second kappa shape index (κ2) is 5.75. The van der Waals surface area contributed by atoms with E-state index in [1.807, 2.05) is 6.20 Å². The van der Waals surface area contributed by atoms with E-state index in [0.29, 0.717) is 0 Å². The molecule has 1 aliphatic rings. The van der Waals surface area contributed by atoms with Crippen LogP contribution in [0.5, 0.6) is 0 Å². The van der Waals surface area contributed by atoms with Gasteiger partial charge in [-0.15, -0.1) is 11.3 Å². The highest BCUT2D eigenvalue weighted by atomic mass is 32.1. The Balaban J connectivity index is 1.80. The third kappa shape index (κ3) is 3.03. The molecule has 0 spiro atoms. The first-order valence-electron chi connectivity index (χ1n) is 6.05. The molecule has 0 atom stereocenters. The van der Waals surface area contributed by atoms with E-state index in [2.05, 4.69) is 34.7 Å². The molecular formula is C12H21N3S. The third-order valence-corrected chi connectivity index (χ3v) is 4.36. The number of thiazole rings is 1. The van der Waals surface area contributed by atoms with Crippen molar-refractivity contribution in [1.82, 2.24) is 15.2 Å². The summed E-state index contributed by atoms with van der Waals surface area (Å²) < 4.78 is 0. The second-order valence-electron chi connectivity index (χ2n) is 4.64. The zero-order valence-electron chi connectivity index (χ0n) is 10.1. The molecular weight excluding hydrogens is 218 g/mol. The molecule has 1 fully saturated rings. The van der Waals surface area contributed by atoms with Gasteiger partial charge in [0, 0.05) is 23.7 Å². The molecule has 1 aromatic heterocycles. The van der Waals surface area contributed by atoms with Crippen LogP contribution in [0.3, 0.4) is 0 Å². The lowest BCUT2D eigenvalue weighted by atomic mass is 9.90. The maximum absolute atomic E-state index is 4.35. The molecule has 2 rings (SSSR count). The van der Waals surface area contributed by atoms with E-state index in [1.165, 1.54) is 30.7 Å². The van der Waals surface area contributed by atoms with Crippen LogP contribution in [0.15, 0.2) is 11.6 Å². The van der Waals surface area contributed by atoms with Crippen LogP contribution in [-0.4, -0.2) is 36.1 Å². The lowest BCUT2D eigenvalue weighted by Gasteiger charge is -2.34. The minimum absolute atomic E-state index is 0.740. The zero-order valence-corrected chi connectivity index (χ0v) is 11.0. The minimum atomic E-state index is 0.740. The van der Waals surface area contributed by atoms with E-state index in [-0.39, 0.29) is 0 Å². The van der Waals surface area contributed by atoms with E-state index in [0.717, 1.165) is 18.6 Å². The summed E-state index contributed by atoms with van der Waals surface area (Å²) in [7, 11) is 4.30. The van der Waals surface area contributed by atoms with E-state index in [9.17, 15) is 0 Å². The summed E-state index contributed by atoms with van der Waals surface area (Å²) in [6.07, 6.45) is 7.14. The predicted molar refractivity (Wildman–Crippen MR) is 68.7 cm³/mol. The average molecular weight is 239 g/mol. The minimum Gasteiger partial charge on any atom is -0.317 e. The Morgan fingerprint density at radius 3 is 2.75 bits per heavy atom. The van der Waals surface area contributed by atoms with E-state index >= 15 is 0 Å². The van der Waals surface area contributed by atoms with Gasteiger partial charge >= 0.3 is 0 Å². The molecule has 1 N–H and O–H groups in total. The van der Waals surface area contributed by atoms with Gasteiger partial charge in [-0.1, -0.05) is 0 Å². The second-order valence-corrected chi connectivity index (χ2v) is 5.61. The van der Waals surface area contributed by atoms with E-state index in [4.69, 9.17) is 0 Å². The van der Waals surface area contributed by atoms with E-state index in [1.54, 1.807) is 11.3 Å². The fourth-order valence-electron chi connectivity index (χ4n) is 2.48. The van der Waals surface area contributed by atoms with Crippen molar-refractivity contribution in [3.05, 3.63) is 16.6 Å². The van der Waals surface area contributed by atoms with E-state index < -0.39 is 0 Å². The molecule has 0 aromatic carbocycles. The highest BCUT2D eigenvalue weighted by Gasteiger charge is 2.23. The van der Waals surface area contributed by atoms with Crippen molar-refractivity contribution >= 4 is 11.3 Å². The van der Waals surface area contributed by atoms with Crippen molar-refractivity contribution in [3.63, 3.8) is 0 Å². The molecule has 1 aromatic rings. The Kier molecular flexibility index (Phi) is 4.32. The molecule has 0 radical (unpaired) electrons. The van der Waals surface area contributed by atoms with Crippen LogP contribution in [0.4, 0.5) is 0 Å². The monoisotopic (exact) mass is 239 g/mol. The summed E-state index contributed by atoms with van der Waals surface area (Å²) >= 11 is 1.76. The van der Waals surface area contributed by atoms with Gasteiger partial charge in [0.2, 0.25) is 0 Å². The number of nitrogens with zero attached hydrogens (tertiary/aromatic N) is 2. The molecule has 0 bridgehead atoms. The van der Waals surface area contributed by atoms with Crippen molar-refractivity contribution in [2.45, 2.75) is 44.3 Å². The van der Waals surface area contributed by atoms with Crippen LogP contribution in [0.1, 0.15) is 30.7 Å². The van der Waals surface area contributed by atoms with Crippen molar-refractivity contribution in [1.29, 1.82) is 0 Å². The lowest BCUT2D eigenvalue weighted by molar-refractivity contribution is 0.170. The van der Waals surface area contributed by atoms with Gasteiger partial charge in [0.25, 0.3) is 0 Å². The van der Waals surface area contributed by atoms with Gasteiger partial charge in [-0.3, -0.25) is 4.90 Å². The van der Waals surface area contributed by atoms with Crippen LogP contribution in [-0.2, 0) is 6.54 Å². The fourth-order valence-corrected chi connectivity index (χ4v) is 3.16. The Morgan fingerprint density at radius 1 is 1.44 bits per heavy atom. The smallest absolute Gasteiger partial charge is 0.107 e. The van der Waals surface area contributed by atoms with Crippen LogP contribution in [0.25, 0.3) is 0 Å². The van der Waals surface area contributed by atoms with Crippen LogP contribution in [0.2, 0.25) is 0 Å². The Labute approximate surface area is 102 Å². The Hall–Kier alpha value is -0.450. The van der Waals surface area contributed by atoms with Crippen molar-refractivity contribution in [2.24, 2.45) is 0 Å². The molecule has 3 nitrogen and oxygen atoms in total. The highest BCUT2D eigenvalue weighted by Crippen LogP contribution is 2.23.